The van der Waals surface area contributed by atoms with E-state index in [0.717, 1.165) is 29.7 Å². The van der Waals surface area contributed by atoms with Crippen molar-refractivity contribution in [2.45, 2.75) is 78.3 Å². The standard InChI is InChI=1S/C21H36NOP.CH3.Y/c1-6-8-9-10-11-16-24(5)19(13-7-2)21(23)22-20-17(3)14-12-15-18(20)4;;/h12,14-15,19H,6-11,13,16H2,1-5H3,(H,22,23);1H3;/q;-1;. The van der Waals surface area contributed by atoms with Gasteiger partial charge < -0.3 is 12.7 Å². The van der Waals surface area contributed by atoms with E-state index in [4.69, 9.17) is 0 Å². The first-order chi connectivity index (χ1) is 11.5. The number of carbonyl (C=O) groups excluding carboxylic acids is 1. The van der Waals surface area contributed by atoms with Gasteiger partial charge in [0.1, 0.15) is 0 Å². The molecule has 0 spiro atoms. The second-order valence-electron chi connectivity index (χ2n) is 6.96. The van der Waals surface area contributed by atoms with Crippen molar-refractivity contribution in [3.05, 3.63) is 36.8 Å². The monoisotopic (exact) mass is 453 g/mol. The summed E-state index contributed by atoms with van der Waals surface area (Å²) in [6.45, 7) is 10.9. The van der Waals surface area contributed by atoms with Crippen LogP contribution in [0.15, 0.2) is 18.2 Å². The van der Waals surface area contributed by atoms with Crippen LogP contribution in [0, 0.1) is 21.3 Å². The number of hydrogen-bond acceptors (Lipinski definition) is 1. The van der Waals surface area contributed by atoms with E-state index < -0.39 is 0 Å². The van der Waals surface area contributed by atoms with E-state index in [-0.39, 0.29) is 59.6 Å². The molecule has 0 aliphatic carbocycles. The third-order valence-electron chi connectivity index (χ3n) is 4.74. The molecule has 1 aromatic rings. The van der Waals surface area contributed by atoms with E-state index >= 15 is 0 Å². The van der Waals surface area contributed by atoms with Gasteiger partial charge in [-0.1, -0.05) is 72.1 Å². The molecule has 2 nitrogen and oxygen atoms in total. The molecule has 0 saturated carbocycles. The molecule has 0 saturated heterocycles. The van der Waals surface area contributed by atoms with Gasteiger partial charge in [-0.3, -0.25) is 4.79 Å². The molecule has 0 bridgehead atoms. The summed E-state index contributed by atoms with van der Waals surface area (Å²) < 4.78 is 0. The molecule has 0 aliphatic heterocycles. The fourth-order valence-electron chi connectivity index (χ4n) is 3.16. The van der Waals surface area contributed by atoms with E-state index in [0.29, 0.717) is 0 Å². The molecule has 1 radical (unpaired) electrons. The molecule has 0 fully saturated rings. The molecule has 26 heavy (non-hydrogen) atoms. The molecule has 4 heteroatoms. The first-order valence-corrected chi connectivity index (χ1v) is 11.6. The van der Waals surface area contributed by atoms with Gasteiger partial charge >= 0.3 is 0 Å². The predicted molar refractivity (Wildman–Crippen MR) is 116 cm³/mol. The number of unbranched alkanes of at least 4 members (excludes halogenated alkanes) is 4. The van der Waals surface area contributed by atoms with Crippen molar-refractivity contribution in [3.8, 4) is 0 Å². The predicted octanol–water partition coefficient (Wildman–Crippen LogP) is 6.94. The van der Waals surface area contributed by atoms with E-state index in [1.807, 2.05) is 6.07 Å². The van der Waals surface area contributed by atoms with Crippen LogP contribution in [0.2, 0.25) is 0 Å². The fourth-order valence-corrected chi connectivity index (χ4v) is 5.36. The maximum absolute atomic E-state index is 12.9. The molecule has 1 rings (SSSR count). The minimum Gasteiger partial charge on any atom is -0.358 e. The van der Waals surface area contributed by atoms with Crippen molar-refractivity contribution in [1.29, 1.82) is 0 Å². The molecule has 147 valence electrons. The molecular weight excluding hydrogens is 414 g/mol. The maximum Gasteiger partial charge on any atom is 0.231 e. The summed E-state index contributed by atoms with van der Waals surface area (Å²) in [7, 11) is -0.238. The molecule has 0 heterocycles. The van der Waals surface area contributed by atoms with Crippen molar-refractivity contribution < 1.29 is 37.5 Å². The Hall–Kier alpha value is 0.224. The van der Waals surface area contributed by atoms with Gasteiger partial charge in [-0.25, -0.2) is 0 Å². The molecule has 1 aromatic carbocycles. The average molecular weight is 453 g/mol. The topological polar surface area (TPSA) is 29.1 Å². The van der Waals surface area contributed by atoms with Crippen molar-refractivity contribution in [3.63, 3.8) is 0 Å². The van der Waals surface area contributed by atoms with Gasteiger partial charge in [0.25, 0.3) is 0 Å². The Morgan fingerprint density at radius 2 is 1.62 bits per heavy atom. The van der Waals surface area contributed by atoms with Crippen LogP contribution in [-0.2, 0) is 37.5 Å². The van der Waals surface area contributed by atoms with Crippen molar-refractivity contribution >= 4 is 19.5 Å². The van der Waals surface area contributed by atoms with Crippen LogP contribution in [-0.4, -0.2) is 24.4 Å². The summed E-state index contributed by atoms with van der Waals surface area (Å²) in [4.78, 5) is 12.9. The van der Waals surface area contributed by atoms with Gasteiger partial charge in [-0.15, -0.1) is 0 Å². The van der Waals surface area contributed by atoms with Crippen LogP contribution in [0.5, 0.6) is 0 Å². The van der Waals surface area contributed by atoms with Gasteiger partial charge in [-0.2, -0.15) is 0 Å². The molecule has 0 aromatic heterocycles. The summed E-state index contributed by atoms with van der Waals surface area (Å²) >= 11 is 0. The van der Waals surface area contributed by atoms with E-state index in [2.05, 4.69) is 51.8 Å². The summed E-state index contributed by atoms with van der Waals surface area (Å²) in [5, 5.41) is 3.23. The van der Waals surface area contributed by atoms with Gasteiger partial charge in [0.05, 0.1) is 5.66 Å². The third kappa shape index (κ3) is 9.96. The van der Waals surface area contributed by atoms with Gasteiger partial charge in [0.15, 0.2) is 0 Å². The van der Waals surface area contributed by atoms with E-state index in [1.165, 1.54) is 38.3 Å². The van der Waals surface area contributed by atoms with Gasteiger partial charge in [-0.05, 0) is 50.6 Å². The zero-order valence-electron chi connectivity index (χ0n) is 17.9. The van der Waals surface area contributed by atoms with Crippen molar-refractivity contribution in [1.82, 2.24) is 0 Å². The summed E-state index contributed by atoms with van der Waals surface area (Å²) in [5.74, 6) is 0.233. The quantitative estimate of drug-likeness (QED) is 0.219. The molecule has 2 unspecified atom stereocenters. The number of anilines is 1. The van der Waals surface area contributed by atoms with Crippen LogP contribution in [0.4, 0.5) is 5.69 Å². The first kappa shape index (κ1) is 28.4. The largest absolute Gasteiger partial charge is 0.358 e. The Kier molecular flexibility index (Phi) is 17.7. The molecule has 2 atom stereocenters. The van der Waals surface area contributed by atoms with Crippen LogP contribution in [0.1, 0.15) is 69.9 Å². The maximum atomic E-state index is 12.9. The summed E-state index contributed by atoms with van der Waals surface area (Å²) in [6, 6.07) is 6.19. The van der Waals surface area contributed by atoms with Gasteiger partial charge in [0.2, 0.25) is 5.91 Å². The summed E-state index contributed by atoms with van der Waals surface area (Å²) in [6.07, 6.45) is 9.87. The van der Waals surface area contributed by atoms with Crippen LogP contribution in [0.25, 0.3) is 0 Å². The fraction of sp³-hybridized carbons (Fsp3) is 0.636. The summed E-state index contributed by atoms with van der Waals surface area (Å²) in [5.41, 5.74) is 3.50. The number of amides is 1. The normalized spacial score (nSPS) is 12.5. The Balaban J connectivity index is 0. The van der Waals surface area contributed by atoms with Gasteiger partial charge in [0, 0.05) is 38.4 Å². The number of rotatable bonds is 11. The Morgan fingerprint density at radius 1 is 1.04 bits per heavy atom. The Labute approximate surface area is 189 Å². The number of aryl methyl sites for hydroxylation is 2. The Morgan fingerprint density at radius 3 is 2.15 bits per heavy atom. The SMILES string of the molecule is CCCCCCCP(C)C(CCC)C(=O)Nc1c(C)cccc1C.[CH3-].[Y]. The second kappa shape index (κ2) is 16.2. The van der Waals surface area contributed by atoms with Crippen molar-refractivity contribution in [2.75, 3.05) is 18.1 Å². The average Bonchev–Trinajstić information content (AvgIpc) is 2.55. The zero-order valence-corrected chi connectivity index (χ0v) is 21.6. The Bertz CT molecular complexity index is 487. The smallest absolute Gasteiger partial charge is 0.231 e. The number of para-hydroxylation sites is 1. The van der Waals surface area contributed by atoms with E-state index in [9.17, 15) is 4.79 Å². The first-order valence-electron chi connectivity index (χ1n) is 9.58. The van der Waals surface area contributed by atoms with Crippen LogP contribution >= 0.6 is 7.92 Å². The third-order valence-corrected chi connectivity index (χ3v) is 7.32. The molecule has 0 aliphatic rings. The minimum absolute atomic E-state index is 0. The number of benzene rings is 1. The molecule has 1 N–H and O–H groups in total. The number of nitrogens with one attached hydrogen (secondary N) is 1. The number of carbonyl (C=O) groups is 1. The zero-order chi connectivity index (χ0) is 17.9. The van der Waals surface area contributed by atoms with Crippen LogP contribution < -0.4 is 5.32 Å². The van der Waals surface area contributed by atoms with Crippen LogP contribution in [0.3, 0.4) is 0 Å². The minimum atomic E-state index is -0.238. The van der Waals surface area contributed by atoms with Crippen molar-refractivity contribution in [2.24, 2.45) is 0 Å². The molecular formula is C22H39NOPY-. The second-order valence-corrected chi connectivity index (χ2v) is 9.54. The molecule has 1 amide bonds. The van der Waals surface area contributed by atoms with E-state index in [1.54, 1.807) is 0 Å². The number of hydrogen-bond donors (Lipinski definition) is 1.